The maximum absolute atomic E-state index is 11.6. The fourth-order valence-electron chi connectivity index (χ4n) is 2.52. The Balaban J connectivity index is 1.98. The van der Waals surface area contributed by atoms with Crippen molar-refractivity contribution in [1.82, 2.24) is 15.0 Å². The van der Waals surface area contributed by atoms with Crippen molar-refractivity contribution in [3.05, 3.63) is 11.7 Å². The number of nitrogens with two attached hydrogens (primary N) is 1. The molecule has 1 aromatic heterocycles. The Kier molecular flexibility index (Phi) is 5.30. The van der Waals surface area contributed by atoms with E-state index in [1.807, 2.05) is 11.8 Å². The second-order valence-electron chi connectivity index (χ2n) is 5.93. The van der Waals surface area contributed by atoms with Crippen LogP contribution in [-0.2, 0) is 22.5 Å². The van der Waals surface area contributed by atoms with E-state index < -0.39 is 6.04 Å². The van der Waals surface area contributed by atoms with Crippen LogP contribution in [0.15, 0.2) is 4.52 Å². The fourth-order valence-corrected chi connectivity index (χ4v) is 2.52. The minimum absolute atomic E-state index is 0.223. The van der Waals surface area contributed by atoms with Gasteiger partial charge in [-0.2, -0.15) is 4.98 Å². The second kappa shape index (κ2) is 7.00. The summed E-state index contributed by atoms with van der Waals surface area (Å²) in [5, 5.41) is 3.98. The summed E-state index contributed by atoms with van der Waals surface area (Å²) < 4.78 is 10.7. The highest BCUT2D eigenvalue weighted by Crippen LogP contribution is 2.17. The molecule has 1 fully saturated rings. The maximum Gasteiger partial charge on any atom is 0.240 e. The van der Waals surface area contributed by atoms with Gasteiger partial charge < -0.3 is 15.0 Å². The Hall–Kier alpha value is -1.47. The van der Waals surface area contributed by atoms with Crippen LogP contribution in [-0.4, -0.2) is 46.2 Å². The monoisotopic (exact) mass is 296 g/mol. The summed E-state index contributed by atoms with van der Waals surface area (Å²) in [6, 6.07) is -0.454. The maximum atomic E-state index is 11.6. The van der Waals surface area contributed by atoms with Crippen LogP contribution in [0.1, 0.15) is 38.9 Å². The molecule has 2 heterocycles. The van der Waals surface area contributed by atoms with Crippen LogP contribution in [0.25, 0.3) is 0 Å². The average Bonchev–Trinajstić information content (AvgIpc) is 2.83. The van der Waals surface area contributed by atoms with Gasteiger partial charge >= 0.3 is 0 Å². The van der Waals surface area contributed by atoms with Crippen molar-refractivity contribution >= 4 is 5.91 Å². The number of carbonyl (C=O) groups excluding carboxylic acids is 1. The highest BCUT2D eigenvalue weighted by Gasteiger charge is 2.34. The normalized spacial score (nSPS) is 23.6. The largest absolute Gasteiger partial charge is 0.375 e. The first-order chi connectivity index (χ1) is 9.97. The zero-order valence-corrected chi connectivity index (χ0v) is 12.9. The van der Waals surface area contributed by atoms with Gasteiger partial charge in [-0.05, 0) is 19.3 Å². The van der Waals surface area contributed by atoms with E-state index >= 15 is 0 Å². The van der Waals surface area contributed by atoms with Gasteiger partial charge in [0.15, 0.2) is 5.82 Å². The SMILES string of the molecule is CC(C)CCc1noc(CN2CCO[C@H](C)[C@H]2C(N)=O)n1. The van der Waals surface area contributed by atoms with Crippen LogP contribution in [0.3, 0.4) is 0 Å². The highest BCUT2D eigenvalue weighted by molar-refractivity contribution is 5.80. The van der Waals surface area contributed by atoms with E-state index in [0.29, 0.717) is 31.5 Å². The van der Waals surface area contributed by atoms with Gasteiger partial charge in [0.25, 0.3) is 0 Å². The molecule has 118 valence electrons. The predicted molar refractivity (Wildman–Crippen MR) is 76.3 cm³/mol. The lowest BCUT2D eigenvalue weighted by Gasteiger charge is -2.36. The van der Waals surface area contributed by atoms with Gasteiger partial charge in [-0.3, -0.25) is 9.69 Å². The molecule has 0 unspecified atom stereocenters. The summed E-state index contributed by atoms with van der Waals surface area (Å²) >= 11 is 0. The van der Waals surface area contributed by atoms with E-state index in [4.69, 9.17) is 15.0 Å². The summed E-state index contributed by atoms with van der Waals surface area (Å²) in [5.74, 6) is 1.46. The van der Waals surface area contributed by atoms with Gasteiger partial charge in [0, 0.05) is 13.0 Å². The topological polar surface area (TPSA) is 94.5 Å². The number of hydrogen-bond acceptors (Lipinski definition) is 6. The molecule has 1 aromatic rings. The third-order valence-electron chi connectivity index (χ3n) is 3.68. The third-order valence-corrected chi connectivity index (χ3v) is 3.68. The van der Waals surface area contributed by atoms with Crippen LogP contribution < -0.4 is 5.73 Å². The van der Waals surface area contributed by atoms with E-state index in [0.717, 1.165) is 18.7 Å². The van der Waals surface area contributed by atoms with Crippen molar-refractivity contribution in [2.45, 2.75) is 52.3 Å². The van der Waals surface area contributed by atoms with Crippen molar-refractivity contribution in [2.24, 2.45) is 11.7 Å². The van der Waals surface area contributed by atoms with Gasteiger partial charge in [0.1, 0.15) is 6.04 Å². The summed E-state index contributed by atoms with van der Waals surface area (Å²) in [7, 11) is 0. The lowest BCUT2D eigenvalue weighted by atomic mass is 10.1. The Morgan fingerprint density at radius 2 is 2.29 bits per heavy atom. The molecule has 0 spiro atoms. The molecule has 1 saturated heterocycles. The van der Waals surface area contributed by atoms with Gasteiger partial charge in [0.2, 0.25) is 11.8 Å². The number of rotatable bonds is 6. The quantitative estimate of drug-likeness (QED) is 0.831. The first-order valence-electron chi connectivity index (χ1n) is 7.43. The number of nitrogens with zero attached hydrogens (tertiary/aromatic N) is 3. The molecule has 0 aliphatic carbocycles. The van der Waals surface area contributed by atoms with Gasteiger partial charge in [-0.1, -0.05) is 19.0 Å². The Morgan fingerprint density at radius 3 is 2.95 bits per heavy atom. The standard InChI is InChI=1S/C14H24N4O3/c1-9(2)4-5-11-16-12(21-17-11)8-18-6-7-20-10(3)13(18)14(15)19/h9-10,13H,4-8H2,1-3H3,(H2,15,19)/t10-,13+/m1/s1. The molecule has 7 nitrogen and oxygen atoms in total. The number of ether oxygens (including phenoxy) is 1. The van der Waals surface area contributed by atoms with Gasteiger partial charge in [-0.15, -0.1) is 0 Å². The Labute approximate surface area is 124 Å². The number of aryl methyl sites for hydroxylation is 1. The first kappa shape index (κ1) is 15.9. The summed E-state index contributed by atoms with van der Waals surface area (Å²) in [5.41, 5.74) is 5.46. The lowest BCUT2D eigenvalue weighted by Crippen LogP contribution is -2.56. The van der Waals surface area contributed by atoms with Crippen molar-refractivity contribution < 1.29 is 14.1 Å². The molecule has 0 saturated carbocycles. The van der Waals surface area contributed by atoms with Crippen LogP contribution in [0.4, 0.5) is 0 Å². The van der Waals surface area contributed by atoms with Crippen molar-refractivity contribution in [1.29, 1.82) is 0 Å². The van der Waals surface area contributed by atoms with Gasteiger partial charge in [0.05, 0.1) is 19.3 Å². The van der Waals surface area contributed by atoms with E-state index in [1.54, 1.807) is 0 Å². The molecule has 2 N–H and O–H groups in total. The van der Waals surface area contributed by atoms with Crippen LogP contribution >= 0.6 is 0 Å². The van der Waals surface area contributed by atoms with E-state index in [9.17, 15) is 4.79 Å². The molecule has 1 aliphatic heterocycles. The van der Waals surface area contributed by atoms with Crippen molar-refractivity contribution in [3.8, 4) is 0 Å². The minimum Gasteiger partial charge on any atom is -0.375 e. The molecule has 2 rings (SSSR count). The number of carbonyl (C=O) groups is 1. The Morgan fingerprint density at radius 1 is 1.52 bits per heavy atom. The van der Waals surface area contributed by atoms with E-state index in [2.05, 4.69) is 24.0 Å². The number of amides is 1. The molecule has 2 atom stereocenters. The van der Waals surface area contributed by atoms with Gasteiger partial charge in [-0.25, -0.2) is 0 Å². The average molecular weight is 296 g/mol. The smallest absolute Gasteiger partial charge is 0.240 e. The van der Waals surface area contributed by atoms with Crippen molar-refractivity contribution in [3.63, 3.8) is 0 Å². The molecule has 0 bridgehead atoms. The minimum atomic E-state index is -0.454. The van der Waals surface area contributed by atoms with Crippen LogP contribution in [0.5, 0.6) is 0 Å². The van der Waals surface area contributed by atoms with Crippen molar-refractivity contribution in [2.75, 3.05) is 13.2 Å². The number of morpholine rings is 1. The molecule has 1 amide bonds. The molecule has 7 heteroatoms. The third kappa shape index (κ3) is 4.25. The summed E-state index contributed by atoms with van der Waals surface area (Å²) in [6.07, 6.45) is 1.61. The summed E-state index contributed by atoms with van der Waals surface area (Å²) in [6.45, 7) is 7.79. The molecular formula is C14H24N4O3. The number of hydrogen-bond donors (Lipinski definition) is 1. The lowest BCUT2D eigenvalue weighted by molar-refractivity contribution is -0.136. The molecule has 21 heavy (non-hydrogen) atoms. The predicted octanol–water partition coefficient (Wildman–Crippen LogP) is 0.733. The zero-order valence-electron chi connectivity index (χ0n) is 12.9. The molecule has 0 radical (unpaired) electrons. The van der Waals surface area contributed by atoms with Crippen LogP contribution in [0.2, 0.25) is 0 Å². The number of primary amides is 1. The molecular weight excluding hydrogens is 272 g/mol. The molecule has 0 aromatic carbocycles. The highest BCUT2D eigenvalue weighted by atomic mass is 16.5. The van der Waals surface area contributed by atoms with Crippen LogP contribution in [0, 0.1) is 5.92 Å². The first-order valence-corrected chi connectivity index (χ1v) is 7.43. The number of aromatic nitrogens is 2. The van der Waals surface area contributed by atoms with E-state index in [-0.39, 0.29) is 12.0 Å². The molecule has 1 aliphatic rings. The fraction of sp³-hybridized carbons (Fsp3) is 0.786. The Bertz CT molecular complexity index is 475. The van der Waals surface area contributed by atoms with E-state index in [1.165, 1.54) is 0 Å². The summed E-state index contributed by atoms with van der Waals surface area (Å²) in [4.78, 5) is 17.9. The zero-order chi connectivity index (χ0) is 15.4. The second-order valence-corrected chi connectivity index (χ2v) is 5.93.